The van der Waals surface area contributed by atoms with Gasteiger partial charge >= 0.3 is 5.69 Å². The number of rotatable bonds is 3. The van der Waals surface area contributed by atoms with Crippen molar-refractivity contribution >= 4 is 28.8 Å². The third-order valence-electron chi connectivity index (χ3n) is 4.61. The number of aromatic nitrogens is 2. The summed E-state index contributed by atoms with van der Waals surface area (Å²) in [6, 6.07) is 1.88. The maximum Gasteiger partial charge on any atom is 0.315 e. The summed E-state index contributed by atoms with van der Waals surface area (Å²) in [6.07, 6.45) is 0. The maximum atomic E-state index is 11.5. The van der Waals surface area contributed by atoms with Gasteiger partial charge in [0, 0.05) is 39.3 Å². The molecule has 134 valence electrons. The Morgan fingerprint density at radius 1 is 1.08 bits per heavy atom. The minimum absolute atomic E-state index is 0.0401. The number of likely N-dealkylation sites (N-methyl/N-ethyl adjacent to an activating group) is 1. The zero-order valence-electron chi connectivity index (χ0n) is 14.1. The molecule has 0 spiro atoms. The first-order valence-corrected chi connectivity index (χ1v) is 8.34. The maximum absolute atomic E-state index is 11.5. The molecule has 0 aliphatic carbocycles. The van der Waals surface area contributed by atoms with E-state index in [1.807, 2.05) is 16.8 Å². The summed E-state index contributed by atoms with van der Waals surface area (Å²) in [7, 11) is 2.04. The van der Waals surface area contributed by atoms with E-state index in [-0.39, 0.29) is 5.69 Å². The lowest BCUT2D eigenvalue weighted by Crippen LogP contribution is -2.45. The standard InChI is InChI=1S/C15H20N6O4/c1-18-2-4-19(5-3-18)14-11(21(22)23)10-12-13(16-14)17-15(25-12)20-6-8-24-9-7-20/h10H,2-9H2,1H3. The smallest absolute Gasteiger partial charge is 0.315 e. The number of piperazine rings is 1. The summed E-state index contributed by atoms with van der Waals surface area (Å²) in [4.78, 5) is 26.1. The first-order chi connectivity index (χ1) is 12.1. The molecule has 0 radical (unpaired) electrons. The van der Waals surface area contributed by atoms with Gasteiger partial charge in [0.1, 0.15) is 0 Å². The summed E-state index contributed by atoms with van der Waals surface area (Å²) in [5.74, 6) is 0.368. The van der Waals surface area contributed by atoms with E-state index in [1.165, 1.54) is 6.07 Å². The molecule has 2 aliphatic heterocycles. The molecule has 0 unspecified atom stereocenters. The SMILES string of the molecule is CN1CCN(c2nc3nc(N4CCOCC4)oc3cc2[N+](=O)[O-])CC1. The van der Waals surface area contributed by atoms with Crippen LogP contribution in [0.2, 0.25) is 0 Å². The third kappa shape index (κ3) is 3.10. The van der Waals surface area contributed by atoms with Gasteiger partial charge in [-0.2, -0.15) is 4.98 Å². The van der Waals surface area contributed by atoms with E-state index < -0.39 is 4.92 Å². The van der Waals surface area contributed by atoms with Crippen LogP contribution in [0.25, 0.3) is 11.2 Å². The van der Waals surface area contributed by atoms with E-state index in [0.29, 0.717) is 62.5 Å². The number of hydrogen-bond acceptors (Lipinski definition) is 9. The normalized spacial score (nSPS) is 19.6. The van der Waals surface area contributed by atoms with Crippen LogP contribution in [-0.4, -0.2) is 79.3 Å². The quantitative estimate of drug-likeness (QED) is 0.586. The number of fused-ring (bicyclic) bond motifs is 1. The molecule has 0 aromatic carbocycles. The predicted octanol–water partition coefficient (Wildman–Crippen LogP) is 0.719. The lowest BCUT2D eigenvalue weighted by Gasteiger charge is -2.32. The second-order valence-corrected chi connectivity index (χ2v) is 6.30. The van der Waals surface area contributed by atoms with E-state index in [2.05, 4.69) is 14.9 Å². The molecule has 2 aromatic heterocycles. The van der Waals surface area contributed by atoms with E-state index in [0.717, 1.165) is 13.1 Å². The van der Waals surface area contributed by atoms with E-state index in [4.69, 9.17) is 9.15 Å². The molecule has 4 rings (SSSR count). The number of pyridine rings is 1. The minimum atomic E-state index is -0.406. The highest BCUT2D eigenvalue weighted by molar-refractivity contribution is 5.78. The third-order valence-corrected chi connectivity index (χ3v) is 4.61. The Morgan fingerprint density at radius 2 is 1.80 bits per heavy atom. The second kappa shape index (κ2) is 6.45. The van der Waals surface area contributed by atoms with E-state index in [9.17, 15) is 10.1 Å². The highest BCUT2D eigenvalue weighted by Gasteiger charge is 2.27. The molecule has 10 nitrogen and oxygen atoms in total. The van der Waals surface area contributed by atoms with Gasteiger partial charge in [-0.15, -0.1) is 0 Å². The van der Waals surface area contributed by atoms with E-state index in [1.54, 1.807) is 0 Å². The molecule has 0 atom stereocenters. The summed E-state index contributed by atoms with van der Waals surface area (Å²) in [5, 5.41) is 11.5. The largest absolute Gasteiger partial charge is 0.421 e. The van der Waals surface area contributed by atoms with Crippen molar-refractivity contribution < 1.29 is 14.1 Å². The van der Waals surface area contributed by atoms with Gasteiger partial charge in [-0.05, 0) is 7.05 Å². The molecule has 2 aliphatic rings. The highest BCUT2D eigenvalue weighted by Crippen LogP contribution is 2.32. The van der Waals surface area contributed by atoms with Crippen molar-refractivity contribution in [2.45, 2.75) is 0 Å². The van der Waals surface area contributed by atoms with Gasteiger partial charge in [-0.25, -0.2) is 4.98 Å². The van der Waals surface area contributed by atoms with Crippen LogP contribution < -0.4 is 9.80 Å². The Bertz CT molecular complexity index is 780. The van der Waals surface area contributed by atoms with Gasteiger partial charge < -0.3 is 23.9 Å². The second-order valence-electron chi connectivity index (χ2n) is 6.30. The molecule has 2 fully saturated rings. The zero-order valence-corrected chi connectivity index (χ0v) is 14.1. The lowest BCUT2D eigenvalue weighted by atomic mass is 10.3. The number of nitro groups is 1. The van der Waals surface area contributed by atoms with Crippen molar-refractivity contribution in [1.29, 1.82) is 0 Å². The van der Waals surface area contributed by atoms with Crippen molar-refractivity contribution in [1.82, 2.24) is 14.9 Å². The highest BCUT2D eigenvalue weighted by atomic mass is 16.6. The van der Waals surface area contributed by atoms with Gasteiger partial charge in [0.25, 0.3) is 6.01 Å². The Morgan fingerprint density at radius 3 is 2.48 bits per heavy atom. The summed E-state index contributed by atoms with van der Waals surface area (Å²) >= 11 is 0. The fourth-order valence-corrected chi connectivity index (χ4v) is 3.11. The Labute approximate surface area is 144 Å². The molecule has 25 heavy (non-hydrogen) atoms. The average molecular weight is 348 g/mol. The van der Waals surface area contributed by atoms with Crippen molar-refractivity contribution in [3.05, 3.63) is 16.2 Å². The topological polar surface area (TPSA) is 101 Å². The van der Waals surface area contributed by atoms with Crippen LogP contribution in [0.1, 0.15) is 0 Å². The summed E-state index contributed by atoms with van der Waals surface area (Å²) in [6.45, 7) is 5.66. The van der Waals surface area contributed by atoms with Crippen molar-refractivity contribution in [3.8, 4) is 0 Å². The number of hydrogen-bond donors (Lipinski definition) is 0. The predicted molar refractivity (Wildman–Crippen MR) is 91.2 cm³/mol. The monoisotopic (exact) mass is 348 g/mol. The van der Waals surface area contributed by atoms with Crippen LogP contribution >= 0.6 is 0 Å². The Balaban J connectivity index is 1.71. The molecule has 0 saturated carbocycles. The molecule has 2 saturated heterocycles. The number of nitrogens with zero attached hydrogens (tertiary/aromatic N) is 6. The minimum Gasteiger partial charge on any atom is -0.421 e. The van der Waals surface area contributed by atoms with Gasteiger partial charge in [0.15, 0.2) is 5.58 Å². The molecule has 0 amide bonds. The first-order valence-electron chi connectivity index (χ1n) is 8.34. The van der Waals surface area contributed by atoms with Gasteiger partial charge in [-0.1, -0.05) is 0 Å². The molecule has 4 heterocycles. The number of oxazole rings is 1. The van der Waals surface area contributed by atoms with Gasteiger partial charge in [0.2, 0.25) is 11.5 Å². The van der Waals surface area contributed by atoms with Crippen LogP contribution in [0.3, 0.4) is 0 Å². The molecule has 0 bridgehead atoms. The summed E-state index contributed by atoms with van der Waals surface area (Å²) < 4.78 is 11.0. The molecule has 10 heteroatoms. The van der Waals surface area contributed by atoms with Crippen LogP contribution in [0.5, 0.6) is 0 Å². The molecular weight excluding hydrogens is 328 g/mol. The van der Waals surface area contributed by atoms with Crippen LogP contribution in [0.4, 0.5) is 17.5 Å². The van der Waals surface area contributed by atoms with Crippen molar-refractivity contribution in [3.63, 3.8) is 0 Å². The molecule has 0 N–H and O–H groups in total. The van der Waals surface area contributed by atoms with Gasteiger partial charge in [-0.3, -0.25) is 10.1 Å². The fourth-order valence-electron chi connectivity index (χ4n) is 3.11. The number of anilines is 2. The van der Waals surface area contributed by atoms with E-state index >= 15 is 0 Å². The van der Waals surface area contributed by atoms with Crippen LogP contribution in [0.15, 0.2) is 10.5 Å². The average Bonchev–Trinajstić information content (AvgIpc) is 3.05. The van der Waals surface area contributed by atoms with Crippen LogP contribution in [-0.2, 0) is 4.74 Å². The van der Waals surface area contributed by atoms with Crippen LogP contribution in [0, 0.1) is 10.1 Å². The zero-order chi connectivity index (χ0) is 17.4. The summed E-state index contributed by atoms with van der Waals surface area (Å²) in [5.41, 5.74) is 0.703. The Hall–Kier alpha value is -2.46. The van der Waals surface area contributed by atoms with Gasteiger partial charge in [0.05, 0.1) is 24.2 Å². The first kappa shape index (κ1) is 16.0. The van der Waals surface area contributed by atoms with Crippen molar-refractivity contribution in [2.75, 3.05) is 69.3 Å². The lowest BCUT2D eigenvalue weighted by molar-refractivity contribution is -0.384. The molecular formula is C15H20N6O4. The van der Waals surface area contributed by atoms with Crippen molar-refractivity contribution in [2.24, 2.45) is 0 Å². The fraction of sp³-hybridized carbons (Fsp3) is 0.600. The molecule has 2 aromatic rings. The Kier molecular flexibility index (Phi) is 4.14. The number of morpholine rings is 1. The number of ether oxygens (including phenoxy) is 1.